The summed E-state index contributed by atoms with van der Waals surface area (Å²) in [7, 11) is 0. The summed E-state index contributed by atoms with van der Waals surface area (Å²) in [5.41, 5.74) is 2.62. The molecule has 1 aliphatic heterocycles. The maximum atomic E-state index is 2.33. The standard InChI is InChI=1S/C13H16S2/c1-11-3-5-12(6-4-11)7-8-13(2)14-9-10-15-13/h3-8H,9-10H2,1-2H3/b8-7+. The van der Waals surface area contributed by atoms with Crippen molar-refractivity contribution in [3.05, 3.63) is 41.5 Å². The number of hydrogen-bond acceptors (Lipinski definition) is 2. The predicted octanol–water partition coefficient (Wildman–Crippen LogP) is 4.20. The van der Waals surface area contributed by atoms with Crippen molar-refractivity contribution in [2.45, 2.75) is 17.9 Å². The van der Waals surface area contributed by atoms with Crippen LogP contribution in [0.5, 0.6) is 0 Å². The van der Waals surface area contributed by atoms with Crippen LogP contribution in [0.4, 0.5) is 0 Å². The van der Waals surface area contributed by atoms with Crippen LogP contribution >= 0.6 is 23.5 Å². The van der Waals surface area contributed by atoms with E-state index in [1.165, 1.54) is 22.6 Å². The van der Waals surface area contributed by atoms with E-state index in [1.54, 1.807) is 0 Å². The van der Waals surface area contributed by atoms with Crippen LogP contribution < -0.4 is 0 Å². The third-order valence-corrected chi connectivity index (χ3v) is 5.72. The second-order valence-corrected chi connectivity index (χ2v) is 7.31. The molecule has 0 N–H and O–H groups in total. The largest absolute Gasteiger partial charge is 0.139 e. The maximum absolute atomic E-state index is 2.33. The van der Waals surface area contributed by atoms with Gasteiger partial charge in [-0.2, -0.15) is 0 Å². The van der Waals surface area contributed by atoms with Crippen molar-refractivity contribution in [3.8, 4) is 0 Å². The third kappa shape index (κ3) is 3.05. The molecule has 0 aliphatic carbocycles. The fraction of sp³-hybridized carbons (Fsp3) is 0.385. The fourth-order valence-electron chi connectivity index (χ4n) is 1.55. The van der Waals surface area contributed by atoms with Crippen molar-refractivity contribution in [1.29, 1.82) is 0 Å². The van der Waals surface area contributed by atoms with Crippen molar-refractivity contribution in [2.75, 3.05) is 11.5 Å². The first-order chi connectivity index (χ1) is 7.18. The topological polar surface area (TPSA) is 0 Å². The molecule has 0 spiro atoms. The zero-order chi connectivity index (χ0) is 10.7. The first-order valence-corrected chi connectivity index (χ1v) is 7.19. The second kappa shape index (κ2) is 4.67. The molecule has 1 heterocycles. The van der Waals surface area contributed by atoms with Gasteiger partial charge in [0.2, 0.25) is 0 Å². The van der Waals surface area contributed by atoms with Gasteiger partial charge < -0.3 is 0 Å². The van der Waals surface area contributed by atoms with E-state index in [2.05, 4.69) is 50.3 Å². The molecule has 0 nitrogen and oxygen atoms in total. The number of thioether (sulfide) groups is 2. The minimum absolute atomic E-state index is 0.297. The zero-order valence-corrected chi connectivity index (χ0v) is 10.8. The lowest BCUT2D eigenvalue weighted by Crippen LogP contribution is -2.04. The summed E-state index contributed by atoms with van der Waals surface area (Å²) >= 11 is 4.09. The Labute approximate surface area is 101 Å². The first-order valence-electron chi connectivity index (χ1n) is 5.22. The molecule has 2 rings (SSSR count). The monoisotopic (exact) mass is 236 g/mol. The van der Waals surface area contributed by atoms with Gasteiger partial charge in [0.25, 0.3) is 0 Å². The van der Waals surface area contributed by atoms with Gasteiger partial charge in [-0.25, -0.2) is 0 Å². The molecule has 0 amide bonds. The molecule has 1 fully saturated rings. The molecule has 2 heteroatoms. The molecule has 0 unspecified atom stereocenters. The van der Waals surface area contributed by atoms with Gasteiger partial charge in [-0.3, -0.25) is 0 Å². The molecule has 15 heavy (non-hydrogen) atoms. The summed E-state index contributed by atoms with van der Waals surface area (Å²) in [5, 5.41) is 0. The van der Waals surface area contributed by atoms with Crippen LogP contribution in [0.25, 0.3) is 6.08 Å². The lowest BCUT2D eigenvalue weighted by Gasteiger charge is -2.15. The Balaban J connectivity index is 2.07. The Morgan fingerprint density at radius 2 is 1.73 bits per heavy atom. The minimum atomic E-state index is 0.297. The highest BCUT2D eigenvalue weighted by molar-refractivity contribution is 8.21. The van der Waals surface area contributed by atoms with Gasteiger partial charge in [-0.05, 0) is 19.4 Å². The SMILES string of the molecule is Cc1ccc(/C=C/C2(C)SCCS2)cc1. The second-order valence-electron chi connectivity index (χ2n) is 3.96. The minimum Gasteiger partial charge on any atom is -0.139 e. The van der Waals surface area contributed by atoms with Crippen LogP contribution in [0, 0.1) is 6.92 Å². The third-order valence-electron chi connectivity index (χ3n) is 2.52. The lowest BCUT2D eigenvalue weighted by molar-refractivity contribution is 1.18. The van der Waals surface area contributed by atoms with Gasteiger partial charge in [-0.1, -0.05) is 42.0 Å². The van der Waals surface area contributed by atoms with Crippen LogP contribution in [0.15, 0.2) is 30.3 Å². The average molecular weight is 236 g/mol. The first kappa shape index (κ1) is 11.2. The summed E-state index contributed by atoms with van der Waals surface area (Å²) in [6, 6.07) is 8.69. The van der Waals surface area contributed by atoms with E-state index in [0.717, 1.165) is 0 Å². The predicted molar refractivity (Wildman–Crippen MR) is 73.5 cm³/mol. The van der Waals surface area contributed by atoms with E-state index in [4.69, 9.17) is 0 Å². The van der Waals surface area contributed by atoms with E-state index in [9.17, 15) is 0 Å². The van der Waals surface area contributed by atoms with Gasteiger partial charge >= 0.3 is 0 Å². The Morgan fingerprint density at radius 3 is 2.33 bits per heavy atom. The van der Waals surface area contributed by atoms with Crippen molar-refractivity contribution < 1.29 is 0 Å². The highest BCUT2D eigenvalue weighted by Crippen LogP contribution is 2.44. The lowest BCUT2D eigenvalue weighted by atomic mass is 10.1. The summed E-state index contributed by atoms with van der Waals surface area (Å²) in [6.07, 6.45) is 4.57. The van der Waals surface area contributed by atoms with Gasteiger partial charge in [0.15, 0.2) is 0 Å². The molecule has 1 aliphatic rings. The Hall–Kier alpha value is -0.340. The highest BCUT2D eigenvalue weighted by Gasteiger charge is 2.26. The van der Waals surface area contributed by atoms with Crippen LogP contribution in [0.3, 0.4) is 0 Å². The van der Waals surface area contributed by atoms with Crippen molar-refractivity contribution in [3.63, 3.8) is 0 Å². The molecule has 0 radical (unpaired) electrons. The van der Waals surface area contributed by atoms with Crippen LogP contribution in [0.2, 0.25) is 0 Å². The van der Waals surface area contributed by atoms with E-state index in [-0.39, 0.29) is 0 Å². The zero-order valence-electron chi connectivity index (χ0n) is 9.19. The Morgan fingerprint density at radius 1 is 1.13 bits per heavy atom. The van der Waals surface area contributed by atoms with Crippen LogP contribution in [-0.4, -0.2) is 15.6 Å². The molecule has 1 aromatic carbocycles. The normalized spacial score (nSPS) is 19.9. The fourth-order valence-corrected chi connectivity index (χ4v) is 4.19. The van der Waals surface area contributed by atoms with Crippen molar-refractivity contribution >= 4 is 29.6 Å². The van der Waals surface area contributed by atoms with E-state index in [1.807, 2.05) is 23.5 Å². The molecule has 0 atom stereocenters. The van der Waals surface area contributed by atoms with Crippen LogP contribution in [-0.2, 0) is 0 Å². The van der Waals surface area contributed by atoms with E-state index >= 15 is 0 Å². The molecule has 1 saturated heterocycles. The molecule has 80 valence electrons. The Bertz CT molecular complexity index is 345. The molecule has 1 aromatic rings. The van der Waals surface area contributed by atoms with Crippen molar-refractivity contribution in [1.82, 2.24) is 0 Å². The van der Waals surface area contributed by atoms with Crippen molar-refractivity contribution in [2.24, 2.45) is 0 Å². The van der Waals surface area contributed by atoms with Crippen LogP contribution in [0.1, 0.15) is 18.1 Å². The Kier molecular flexibility index (Phi) is 3.47. The number of benzene rings is 1. The summed E-state index contributed by atoms with van der Waals surface area (Å²) in [6.45, 7) is 4.43. The highest BCUT2D eigenvalue weighted by atomic mass is 32.2. The average Bonchev–Trinajstić information content (AvgIpc) is 2.65. The van der Waals surface area contributed by atoms with Gasteiger partial charge in [-0.15, -0.1) is 23.5 Å². The summed E-state index contributed by atoms with van der Waals surface area (Å²) in [4.78, 5) is 0. The van der Waals surface area contributed by atoms with Gasteiger partial charge in [0, 0.05) is 11.5 Å². The molecular formula is C13H16S2. The number of hydrogen-bond donors (Lipinski definition) is 0. The quantitative estimate of drug-likeness (QED) is 0.754. The summed E-state index contributed by atoms with van der Waals surface area (Å²) in [5.74, 6) is 2.55. The maximum Gasteiger partial charge on any atom is 0.0767 e. The molecule has 0 bridgehead atoms. The number of aryl methyl sites for hydroxylation is 1. The smallest absolute Gasteiger partial charge is 0.0767 e. The summed E-state index contributed by atoms with van der Waals surface area (Å²) < 4.78 is 0.297. The van der Waals surface area contributed by atoms with E-state index in [0.29, 0.717) is 4.08 Å². The van der Waals surface area contributed by atoms with Gasteiger partial charge in [0.1, 0.15) is 0 Å². The molecular weight excluding hydrogens is 220 g/mol. The van der Waals surface area contributed by atoms with Gasteiger partial charge in [0.05, 0.1) is 4.08 Å². The molecule has 0 saturated carbocycles. The van der Waals surface area contributed by atoms with E-state index < -0.39 is 0 Å². The molecule has 0 aromatic heterocycles. The number of rotatable bonds is 2.